The third-order valence-electron chi connectivity index (χ3n) is 3.18. The lowest BCUT2D eigenvalue weighted by Gasteiger charge is -2.18. The quantitative estimate of drug-likeness (QED) is 0.849. The molecule has 0 aromatic carbocycles. The molecule has 0 saturated heterocycles. The van der Waals surface area contributed by atoms with Crippen molar-refractivity contribution < 1.29 is 9.53 Å². The largest absolute Gasteiger partial charge is 0.456 e. The van der Waals surface area contributed by atoms with E-state index in [-0.39, 0.29) is 5.97 Å². The fourth-order valence-corrected chi connectivity index (χ4v) is 3.10. The zero-order valence-electron chi connectivity index (χ0n) is 13.6. The smallest absolute Gasteiger partial charge is 0.348 e. The van der Waals surface area contributed by atoms with E-state index in [1.807, 2.05) is 43.7 Å². The van der Waals surface area contributed by atoms with Crippen molar-refractivity contribution in [3.63, 3.8) is 0 Å². The second-order valence-electron chi connectivity index (χ2n) is 6.30. The number of aryl methyl sites for hydroxylation is 2. The molecule has 0 atom stereocenters. The van der Waals surface area contributed by atoms with E-state index >= 15 is 0 Å². The summed E-state index contributed by atoms with van der Waals surface area (Å²) in [5.74, 6) is -0.279. The van der Waals surface area contributed by atoms with Crippen LogP contribution in [0.25, 0.3) is 0 Å². The Morgan fingerprint density at radius 2 is 2.13 bits per heavy atom. The monoisotopic (exact) mass is 331 g/mol. The van der Waals surface area contributed by atoms with Gasteiger partial charge in [0, 0.05) is 17.6 Å². The second-order valence-corrected chi connectivity index (χ2v) is 7.46. The highest BCUT2D eigenvalue weighted by Gasteiger charge is 2.19. The highest BCUT2D eigenvalue weighted by atomic mass is 32.1. The highest BCUT2D eigenvalue weighted by Crippen LogP contribution is 2.22. The first-order chi connectivity index (χ1) is 10.8. The highest BCUT2D eigenvalue weighted by molar-refractivity contribution is 7.13. The molecule has 0 radical (unpaired) electrons. The molecule has 0 aliphatic rings. The molecule has 122 valence electrons. The van der Waals surface area contributed by atoms with Crippen LogP contribution in [0.15, 0.2) is 24.4 Å². The van der Waals surface area contributed by atoms with Gasteiger partial charge >= 0.3 is 5.97 Å². The van der Waals surface area contributed by atoms with Gasteiger partial charge in [0.05, 0.1) is 5.69 Å². The Kier molecular flexibility index (Phi) is 5.12. The molecule has 2 heterocycles. The fraction of sp³-hybridized carbons (Fsp3) is 0.412. The van der Waals surface area contributed by atoms with Gasteiger partial charge < -0.3 is 15.0 Å². The summed E-state index contributed by atoms with van der Waals surface area (Å²) in [6, 6.07) is 7.62. The van der Waals surface area contributed by atoms with Gasteiger partial charge in [0.25, 0.3) is 0 Å². The minimum atomic E-state index is -0.483. The fourth-order valence-electron chi connectivity index (χ4n) is 2.18. The molecular weight excluding hydrogens is 310 g/mol. The average molecular weight is 331 g/mol. The van der Waals surface area contributed by atoms with Crippen LogP contribution in [-0.2, 0) is 17.7 Å². The van der Waals surface area contributed by atoms with Gasteiger partial charge in [0.1, 0.15) is 22.2 Å². The third kappa shape index (κ3) is 4.60. The van der Waals surface area contributed by atoms with Crippen molar-refractivity contribution >= 4 is 23.0 Å². The molecule has 2 aromatic rings. The van der Waals surface area contributed by atoms with Crippen molar-refractivity contribution in [1.82, 2.24) is 4.57 Å². The Balaban J connectivity index is 1.90. The summed E-state index contributed by atoms with van der Waals surface area (Å²) in [6.07, 6.45) is 3.54. The molecule has 2 rings (SSSR count). The number of aromatic nitrogens is 1. The number of hydrogen-bond acceptors (Lipinski definition) is 5. The van der Waals surface area contributed by atoms with E-state index in [9.17, 15) is 4.79 Å². The molecule has 0 fully saturated rings. The van der Waals surface area contributed by atoms with Gasteiger partial charge in [-0.05, 0) is 51.8 Å². The van der Waals surface area contributed by atoms with Crippen LogP contribution in [0.5, 0.6) is 0 Å². The van der Waals surface area contributed by atoms with Crippen LogP contribution in [0, 0.1) is 11.3 Å². The summed E-state index contributed by atoms with van der Waals surface area (Å²) < 4.78 is 7.22. The Bertz CT molecular complexity index is 732. The number of anilines is 1. The molecular formula is C17H21N3O2S. The number of esters is 1. The molecule has 23 heavy (non-hydrogen) atoms. The van der Waals surface area contributed by atoms with Gasteiger partial charge in [0.2, 0.25) is 0 Å². The minimum Gasteiger partial charge on any atom is -0.456 e. The standard InChI is InChI=1S/C17H21N3O2S/c1-17(2,3)22-16(21)15-7-6-12(23-15)5-4-9-20-10-8-13(19)14(20)11-18/h6-8,10H,4-5,9,19H2,1-3H3. The molecule has 0 saturated carbocycles. The maximum atomic E-state index is 12.0. The number of nitrogen functional groups attached to an aromatic ring is 1. The summed E-state index contributed by atoms with van der Waals surface area (Å²) in [5, 5.41) is 9.06. The minimum absolute atomic E-state index is 0.279. The zero-order chi connectivity index (χ0) is 17.0. The van der Waals surface area contributed by atoms with Crippen molar-refractivity contribution in [3.8, 4) is 6.07 Å². The molecule has 2 aromatic heterocycles. The number of ether oxygens (including phenoxy) is 1. The van der Waals surface area contributed by atoms with Gasteiger partial charge in [-0.25, -0.2) is 4.79 Å². The summed E-state index contributed by atoms with van der Waals surface area (Å²) in [4.78, 5) is 13.7. The van der Waals surface area contributed by atoms with E-state index < -0.39 is 5.60 Å². The van der Waals surface area contributed by atoms with E-state index in [1.165, 1.54) is 11.3 Å². The van der Waals surface area contributed by atoms with Gasteiger partial charge in [0.15, 0.2) is 0 Å². The van der Waals surface area contributed by atoms with Crippen molar-refractivity contribution in [1.29, 1.82) is 5.26 Å². The van der Waals surface area contributed by atoms with Crippen LogP contribution in [0.3, 0.4) is 0 Å². The number of thiophene rings is 1. The molecule has 0 spiro atoms. The predicted octanol–water partition coefficient (Wildman–Crippen LogP) is 3.59. The summed E-state index contributed by atoms with van der Waals surface area (Å²) in [6.45, 7) is 6.29. The number of nitriles is 1. The van der Waals surface area contributed by atoms with Crippen LogP contribution in [0.1, 0.15) is 47.4 Å². The van der Waals surface area contributed by atoms with Crippen molar-refractivity contribution in [3.05, 3.63) is 39.8 Å². The molecule has 0 aliphatic heterocycles. The number of nitrogens with zero attached hydrogens (tertiary/aromatic N) is 2. The first-order valence-corrected chi connectivity index (χ1v) is 8.28. The third-order valence-corrected chi connectivity index (χ3v) is 4.31. The van der Waals surface area contributed by atoms with E-state index in [4.69, 9.17) is 15.7 Å². The first kappa shape index (κ1) is 17.1. The summed E-state index contributed by atoms with van der Waals surface area (Å²) in [5.41, 5.74) is 6.26. The van der Waals surface area contributed by atoms with Crippen molar-refractivity contribution in [2.24, 2.45) is 0 Å². The normalized spacial score (nSPS) is 11.2. The lowest BCUT2D eigenvalue weighted by Crippen LogP contribution is -2.23. The van der Waals surface area contributed by atoms with E-state index in [0.29, 0.717) is 16.3 Å². The van der Waals surface area contributed by atoms with Gasteiger partial charge in [-0.1, -0.05) is 0 Å². The van der Waals surface area contributed by atoms with E-state index in [0.717, 1.165) is 24.3 Å². The first-order valence-electron chi connectivity index (χ1n) is 7.47. The topological polar surface area (TPSA) is 81.0 Å². The molecule has 0 unspecified atom stereocenters. The van der Waals surface area contributed by atoms with Gasteiger partial charge in [-0.2, -0.15) is 5.26 Å². The molecule has 0 aliphatic carbocycles. The van der Waals surface area contributed by atoms with Crippen molar-refractivity contribution in [2.45, 2.75) is 45.8 Å². The Labute approximate surface area is 140 Å². The van der Waals surface area contributed by atoms with Crippen LogP contribution in [0.4, 0.5) is 5.69 Å². The number of rotatable bonds is 5. The number of hydrogen-bond donors (Lipinski definition) is 1. The lowest BCUT2D eigenvalue weighted by molar-refractivity contribution is 0.00752. The molecule has 0 amide bonds. The molecule has 5 nitrogen and oxygen atoms in total. The predicted molar refractivity (Wildman–Crippen MR) is 91.4 cm³/mol. The maximum absolute atomic E-state index is 12.0. The zero-order valence-corrected chi connectivity index (χ0v) is 14.4. The van der Waals surface area contributed by atoms with Crippen LogP contribution in [-0.4, -0.2) is 16.1 Å². The molecule has 6 heteroatoms. The van der Waals surface area contributed by atoms with Gasteiger partial charge in [-0.15, -0.1) is 11.3 Å². The summed E-state index contributed by atoms with van der Waals surface area (Å²) in [7, 11) is 0. The number of nitrogens with two attached hydrogens (primary N) is 1. The van der Waals surface area contributed by atoms with Gasteiger partial charge in [-0.3, -0.25) is 0 Å². The molecule has 0 bridgehead atoms. The summed E-state index contributed by atoms with van der Waals surface area (Å²) >= 11 is 1.46. The Morgan fingerprint density at radius 3 is 2.78 bits per heavy atom. The van der Waals surface area contributed by atoms with E-state index in [2.05, 4.69) is 6.07 Å². The number of carbonyl (C=O) groups excluding carboxylic acids is 1. The Morgan fingerprint density at radius 1 is 1.39 bits per heavy atom. The Hall–Kier alpha value is -2.26. The average Bonchev–Trinajstić information content (AvgIpc) is 3.04. The maximum Gasteiger partial charge on any atom is 0.348 e. The SMILES string of the molecule is CC(C)(C)OC(=O)c1ccc(CCCn2ccc(N)c2C#N)s1. The van der Waals surface area contributed by atoms with Crippen LogP contribution in [0.2, 0.25) is 0 Å². The lowest BCUT2D eigenvalue weighted by atomic mass is 10.2. The van der Waals surface area contributed by atoms with Crippen molar-refractivity contribution in [2.75, 3.05) is 5.73 Å². The van der Waals surface area contributed by atoms with E-state index in [1.54, 1.807) is 6.07 Å². The number of carbonyl (C=O) groups is 1. The second kappa shape index (κ2) is 6.88. The molecule has 2 N–H and O–H groups in total. The van der Waals surface area contributed by atoms with Crippen LogP contribution >= 0.6 is 11.3 Å². The van der Waals surface area contributed by atoms with Crippen LogP contribution < -0.4 is 5.73 Å².